The van der Waals surface area contributed by atoms with Crippen LogP contribution in [0.25, 0.3) is 0 Å². The molecule has 3 rings (SSSR count). The standard InChI is InChI=1S/C15H14ClNO4/c1-15(9-5-2-3-6-10(9)16)13(20)12(19)14(21-15)17-8-4-7-11(17)18/h2-3,5-6,19H,4,7-8H2,1H3. The van der Waals surface area contributed by atoms with Crippen molar-refractivity contribution in [3.8, 4) is 0 Å². The molecule has 2 aliphatic rings. The molecule has 1 aromatic carbocycles. The zero-order valence-corrected chi connectivity index (χ0v) is 12.2. The highest BCUT2D eigenvalue weighted by Gasteiger charge is 2.51. The number of ketones is 1. The van der Waals surface area contributed by atoms with Gasteiger partial charge in [-0.25, -0.2) is 0 Å². The van der Waals surface area contributed by atoms with Crippen LogP contribution in [0.15, 0.2) is 35.9 Å². The number of ether oxygens (including phenoxy) is 1. The van der Waals surface area contributed by atoms with Gasteiger partial charge in [0.2, 0.25) is 23.2 Å². The Morgan fingerprint density at radius 3 is 2.67 bits per heavy atom. The molecule has 5 nitrogen and oxygen atoms in total. The highest BCUT2D eigenvalue weighted by molar-refractivity contribution is 6.32. The van der Waals surface area contributed by atoms with Crippen LogP contribution in [-0.2, 0) is 19.9 Å². The first kappa shape index (κ1) is 13.9. The molecule has 1 aromatic rings. The van der Waals surface area contributed by atoms with Gasteiger partial charge in [0.25, 0.3) is 5.78 Å². The number of hydrogen-bond donors (Lipinski definition) is 1. The first-order chi connectivity index (χ1) is 9.95. The van der Waals surface area contributed by atoms with E-state index in [2.05, 4.69) is 0 Å². The number of carbonyl (C=O) groups excluding carboxylic acids is 2. The molecule has 0 saturated carbocycles. The molecule has 0 aliphatic carbocycles. The highest BCUT2D eigenvalue weighted by Crippen LogP contribution is 2.42. The summed E-state index contributed by atoms with van der Waals surface area (Å²) >= 11 is 6.13. The molecule has 1 fully saturated rings. The third-order valence-corrected chi connectivity index (χ3v) is 4.19. The fourth-order valence-corrected chi connectivity index (χ4v) is 3.00. The Bertz CT molecular complexity index is 669. The maximum absolute atomic E-state index is 12.4. The van der Waals surface area contributed by atoms with Crippen LogP contribution in [0.3, 0.4) is 0 Å². The molecular formula is C15H14ClNO4. The molecule has 1 amide bonds. The molecule has 2 aliphatic heterocycles. The Labute approximate surface area is 126 Å². The summed E-state index contributed by atoms with van der Waals surface area (Å²) in [5.74, 6) is -1.34. The molecular weight excluding hydrogens is 294 g/mol. The van der Waals surface area contributed by atoms with Crippen molar-refractivity contribution in [1.29, 1.82) is 0 Å². The van der Waals surface area contributed by atoms with E-state index in [9.17, 15) is 14.7 Å². The monoisotopic (exact) mass is 307 g/mol. The number of likely N-dealkylation sites (tertiary alicyclic amines) is 1. The van der Waals surface area contributed by atoms with E-state index >= 15 is 0 Å². The maximum atomic E-state index is 12.4. The van der Waals surface area contributed by atoms with E-state index in [4.69, 9.17) is 16.3 Å². The molecule has 1 unspecified atom stereocenters. The number of rotatable bonds is 2. The van der Waals surface area contributed by atoms with Crippen molar-refractivity contribution < 1.29 is 19.4 Å². The molecule has 0 spiro atoms. The molecule has 1 atom stereocenters. The Morgan fingerprint density at radius 1 is 1.33 bits per heavy atom. The molecule has 1 saturated heterocycles. The summed E-state index contributed by atoms with van der Waals surface area (Å²) in [6.45, 7) is 1.98. The normalized spacial score (nSPS) is 25.7. The van der Waals surface area contributed by atoms with Gasteiger partial charge in [-0.05, 0) is 19.4 Å². The average molecular weight is 308 g/mol. The topological polar surface area (TPSA) is 66.8 Å². The number of benzene rings is 1. The fraction of sp³-hybridized carbons (Fsp3) is 0.333. The average Bonchev–Trinajstić information content (AvgIpc) is 2.97. The van der Waals surface area contributed by atoms with Crippen molar-refractivity contribution in [2.24, 2.45) is 0 Å². The number of halogens is 1. The van der Waals surface area contributed by atoms with E-state index in [1.165, 1.54) is 4.90 Å². The predicted molar refractivity (Wildman–Crippen MR) is 75.5 cm³/mol. The van der Waals surface area contributed by atoms with Crippen molar-refractivity contribution in [3.05, 3.63) is 46.5 Å². The summed E-state index contributed by atoms with van der Waals surface area (Å²) in [5.41, 5.74) is -0.953. The summed E-state index contributed by atoms with van der Waals surface area (Å²) in [6, 6.07) is 6.79. The largest absolute Gasteiger partial charge is 0.501 e. The summed E-state index contributed by atoms with van der Waals surface area (Å²) in [5, 5.41) is 10.5. The third-order valence-electron chi connectivity index (χ3n) is 3.86. The first-order valence-corrected chi connectivity index (χ1v) is 7.05. The lowest BCUT2D eigenvalue weighted by Crippen LogP contribution is -2.32. The first-order valence-electron chi connectivity index (χ1n) is 6.67. The number of aliphatic hydroxyl groups excluding tert-OH is 1. The van der Waals surface area contributed by atoms with Crippen LogP contribution in [0.2, 0.25) is 5.02 Å². The van der Waals surface area contributed by atoms with Crippen LogP contribution in [0.5, 0.6) is 0 Å². The van der Waals surface area contributed by atoms with Crippen molar-refractivity contribution in [1.82, 2.24) is 4.90 Å². The van der Waals surface area contributed by atoms with E-state index in [0.29, 0.717) is 30.0 Å². The second-order valence-corrected chi connectivity index (χ2v) is 5.65. The van der Waals surface area contributed by atoms with Crippen LogP contribution in [0, 0.1) is 0 Å². The number of amides is 1. The van der Waals surface area contributed by atoms with Gasteiger partial charge in [-0.2, -0.15) is 0 Å². The molecule has 2 heterocycles. The van der Waals surface area contributed by atoms with Gasteiger partial charge >= 0.3 is 0 Å². The van der Waals surface area contributed by atoms with Gasteiger partial charge in [0.15, 0.2) is 0 Å². The minimum absolute atomic E-state index is 0.0649. The predicted octanol–water partition coefficient (Wildman–Crippen LogP) is 2.50. The number of nitrogens with zero attached hydrogens (tertiary/aromatic N) is 1. The van der Waals surface area contributed by atoms with Crippen LogP contribution in [-0.4, -0.2) is 28.2 Å². The second kappa shape index (κ2) is 4.77. The molecule has 21 heavy (non-hydrogen) atoms. The van der Waals surface area contributed by atoms with Crippen molar-refractivity contribution >= 4 is 23.3 Å². The third kappa shape index (κ3) is 2.00. The minimum Gasteiger partial charge on any atom is -0.501 e. The number of aliphatic hydroxyl groups is 1. The van der Waals surface area contributed by atoms with E-state index < -0.39 is 17.1 Å². The fourth-order valence-electron chi connectivity index (χ4n) is 2.68. The van der Waals surface area contributed by atoms with Gasteiger partial charge < -0.3 is 9.84 Å². The van der Waals surface area contributed by atoms with Gasteiger partial charge in [0, 0.05) is 23.6 Å². The molecule has 0 radical (unpaired) electrons. The maximum Gasteiger partial charge on any atom is 0.250 e. The summed E-state index contributed by atoms with van der Waals surface area (Å²) < 4.78 is 5.70. The van der Waals surface area contributed by atoms with Gasteiger partial charge in [-0.15, -0.1) is 0 Å². The molecule has 110 valence electrons. The Hall–Kier alpha value is -2.01. The van der Waals surface area contributed by atoms with Gasteiger partial charge in [0.1, 0.15) is 0 Å². The zero-order chi connectivity index (χ0) is 15.2. The van der Waals surface area contributed by atoms with E-state index in [1.807, 2.05) is 0 Å². The molecule has 0 aromatic heterocycles. The minimum atomic E-state index is -1.42. The Kier molecular flexibility index (Phi) is 3.17. The lowest BCUT2D eigenvalue weighted by atomic mass is 9.91. The molecule has 1 N–H and O–H groups in total. The zero-order valence-electron chi connectivity index (χ0n) is 11.4. The summed E-state index contributed by atoms with van der Waals surface area (Å²) in [4.78, 5) is 25.5. The van der Waals surface area contributed by atoms with Crippen LogP contribution in [0.1, 0.15) is 25.3 Å². The van der Waals surface area contributed by atoms with Gasteiger partial charge in [-0.1, -0.05) is 29.8 Å². The van der Waals surface area contributed by atoms with Crippen molar-refractivity contribution in [2.45, 2.75) is 25.4 Å². The molecule has 6 heteroatoms. The molecule has 0 bridgehead atoms. The summed E-state index contributed by atoms with van der Waals surface area (Å²) in [7, 11) is 0. The Morgan fingerprint density at radius 2 is 2.05 bits per heavy atom. The van der Waals surface area contributed by atoms with Crippen molar-refractivity contribution in [3.63, 3.8) is 0 Å². The number of carbonyl (C=O) groups is 2. The quantitative estimate of drug-likeness (QED) is 0.911. The van der Waals surface area contributed by atoms with E-state index in [-0.39, 0.29) is 11.8 Å². The lowest BCUT2D eigenvalue weighted by Gasteiger charge is -2.26. The lowest BCUT2D eigenvalue weighted by molar-refractivity contribution is -0.136. The van der Waals surface area contributed by atoms with E-state index in [0.717, 1.165) is 0 Å². The van der Waals surface area contributed by atoms with E-state index in [1.54, 1.807) is 31.2 Å². The van der Waals surface area contributed by atoms with Crippen molar-refractivity contribution in [2.75, 3.05) is 6.54 Å². The van der Waals surface area contributed by atoms with Crippen LogP contribution >= 0.6 is 11.6 Å². The smallest absolute Gasteiger partial charge is 0.250 e. The second-order valence-electron chi connectivity index (χ2n) is 5.25. The van der Waals surface area contributed by atoms with Gasteiger partial charge in [-0.3, -0.25) is 14.5 Å². The summed E-state index contributed by atoms with van der Waals surface area (Å²) in [6.07, 6.45) is 1.06. The highest BCUT2D eigenvalue weighted by atomic mass is 35.5. The SMILES string of the molecule is CC1(c2ccccc2Cl)OC(N2CCCC2=O)=C(O)C1=O. The van der Waals surface area contributed by atoms with Crippen LogP contribution < -0.4 is 0 Å². The number of hydrogen-bond acceptors (Lipinski definition) is 4. The Balaban J connectivity index is 2.01. The number of Topliss-reactive ketones (excluding diaryl/α,β-unsaturated/α-hetero) is 1. The van der Waals surface area contributed by atoms with Crippen LogP contribution in [0.4, 0.5) is 0 Å². The van der Waals surface area contributed by atoms with Gasteiger partial charge in [0.05, 0.1) is 0 Å².